The van der Waals surface area contributed by atoms with Gasteiger partial charge in [0.05, 0.1) is 22.4 Å². The standard InChI is InChI=1S/C27H18ClFN2O3/c28-21-14-13-18(15-22(21)29)30-26(32)23-24(20-12-6-8-16-7-4-5-11-19(16)20)31(34-25(23)27(30)33)17-9-2-1-3-10-17/h1-15,23-25H/t23-,24+,25-/m1/s1. The van der Waals surface area contributed by atoms with Gasteiger partial charge in [-0.25, -0.2) is 14.4 Å². The summed E-state index contributed by atoms with van der Waals surface area (Å²) in [5.74, 6) is -2.47. The molecule has 0 bridgehead atoms. The third-order valence-corrected chi connectivity index (χ3v) is 6.74. The number of anilines is 2. The summed E-state index contributed by atoms with van der Waals surface area (Å²) in [4.78, 5) is 34.3. The Morgan fingerprint density at radius 3 is 2.32 bits per heavy atom. The Hall–Kier alpha value is -3.74. The molecule has 0 radical (unpaired) electrons. The molecule has 34 heavy (non-hydrogen) atoms. The van der Waals surface area contributed by atoms with Crippen LogP contribution in [0, 0.1) is 11.7 Å². The number of hydroxylamine groups is 1. The van der Waals surface area contributed by atoms with E-state index < -0.39 is 35.7 Å². The molecule has 4 aromatic carbocycles. The summed E-state index contributed by atoms with van der Waals surface area (Å²) >= 11 is 5.81. The van der Waals surface area contributed by atoms with E-state index in [9.17, 15) is 14.0 Å². The van der Waals surface area contributed by atoms with Crippen LogP contribution in [0.1, 0.15) is 11.6 Å². The maximum absolute atomic E-state index is 14.2. The summed E-state index contributed by atoms with van der Waals surface area (Å²) in [5, 5.41) is 3.57. The average molecular weight is 473 g/mol. The van der Waals surface area contributed by atoms with E-state index in [1.54, 1.807) is 5.06 Å². The number of rotatable bonds is 3. The van der Waals surface area contributed by atoms with Gasteiger partial charge in [-0.2, -0.15) is 0 Å². The molecule has 2 aliphatic heterocycles. The topological polar surface area (TPSA) is 49.9 Å². The van der Waals surface area contributed by atoms with Gasteiger partial charge in [-0.05, 0) is 46.7 Å². The number of amides is 2. The Labute approximate surface area is 199 Å². The monoisotopic (exact) mass is 472 g/mol. The number of carbonyl (C=O) groups is 2. The predicted molar refractivity (Wildman–Crippen MR) is 128 cm³/mol. The van der Waals surface area contributed by atoms with Crippen LogP contribution in [0.25, 0.3) is 10.8 Å². The molecule has 0 spiro atoms. The van der Waals surface area contributed by atoms with Crippen molar-refractivity contribution in [3.8, 4) is 0 Å². The number of benzene rings is 4. The maximum atomic E-state index is 14.2. The molecular weight excluding hydrogens is 455 g/mol. The Morgan fingerprint density at radius 2 is 1.53 bits per heavy atom. The lowest BCUT2D eigenvalue weighted by atomic mass is 9.87. The SMILES string of the molecule is O=C1[C@H]2[C@@H](ON(c3ccccc3)[C@H]2c2cccc3ccccc23)C(=O)N1c1ccc(Cl)c(F)c1. The minimum Gasteiger partial charge on any atom is -0.273 e. The van der Waals surface area contributed by atoms with Crippen LogP contribution in [-0.4, -0.2) is 17.9 Å². The summed E-state index contributed by atoms with van der Waals surface area (Å²) in [7, 11) is 0. The molecule has 2 saturated heterocycles. The molecular formula is C27H18ClFN2O3. The first-order chi connectivity index (χ1) is 16.5. The summed E-state index contributed by atoms with van der Waals surface area (Å²) in [6, 6.07) is 26.5. The molecule has 5 nitrogen and oxygen atoms in total. The molecule has 3 atom stereocenters. The van der Waals surface area contributed by atoms with Crippen molar-refractivity contribution in [1.29, 1.82) is 0 Å². The largest absolute Gasteiger partial charge is 0.273 e. The van der Waals surface area contributed by atoms with Crippen LogP contribution in [0.4, 0.5) is 15.8 Å². The maximum Gasteiger partial charge on any atom is 0.266 e. The van der Waals surface area contributed by atoms with Gasteiger partial charge in [0.15, 0.2) is 6.10 Å². The lowest BCUT2D eigenvalue weighted by Gasteiger charge is -2.29. The fourth-order valence-electron chi connectivity index (χ4n) is 4.92. The molecule has 2 amide bonds. The highest BCUT2D eigenvalue weighted by molar-refractivity contribution is 6.31. The Kier molecular flexibility index (Phi) is 4.86. The van der Waals surface area contributed by atoms with Crippen molar-refractivity contribution in [3.05, 3.63) is 107 Å². The van der Waals surface area contributed by atoms with Crippen LogP contribution in [-0.2, 0) is 14.4 Å². The zero-order valence-corrected chi connectivity index (χ0v) is 18.5. The van der Waals surface area contributed by atoms with E-state index in [1.807, 2.05) is 72.8 Å². The van der Waals surface area contributed by atoms with E-state index in [0.29, 0.717) is 0 Å². The number of imide groups is 1. The summed E-state index contributed by atoms with van der Waals surface area (Å²) in [6.45, 7) is 0. The molecule has 0 N–H and O–H groups in total. The van der Waals surface area contributed by atoms with Crippen LogP contribution >= 0.6 is 11.6 Å². The number of para-hydroxylation sites is 1. The minimum atomic E-state index is -1.03. The molecule has 2 heterocycles. The highest BCUT2D eigenvalue weighted by atomic mass is 35.5. The summed E-state index contributed by atoms with van der Waals surface area (Å²) in [6.07, 6.45) is -1.03. The van der Waals surface area contributed by atoms with Crippen molar-refractivity contribution in [2.75, 3.05) is 9.96 Å². The Balaban J connectivity index is 1.50. The van der Waals surface area contributed by atoms with Crippen LogP contribution in [0.2, 0.25) is 5.02 Å². The van der Waals surface area contributed by atoms with Crippen molar-refractivity contribution in [1.82, 2.24) is 0 Å². The quantitative estimate of drug-likeness (QED) is 0.360. The second-order valence-electron chi connectivity index (χ2n) is 8.34. The van der Waals surface area contributed by atoms with Crippen molar-refractivity contribution >= 4 is 45.6 Å². The minimum absolute atomic E-state index is 0.0804. The van der Waals surface area contributed by atoms with Crippen molar-refractivity contribution < 1.29 is 18.8 Å². The molecule has 0 aromatic heterocycles. The molecule has 7 heteroatoms. The van der Waals surface area contributed by atoms with E-state index in [0.717, 1.165) is 33.0 Å². The normalized spacial score (nSPS) is 22.0. The number of fused-ring (bicyclic) bond motifs is 2. The van der Waals surface area contributed by atoms with Crippen molar-refractivity contribution in [3.63, 3.8) is 0 Å². The zero-order chi connectivity index (χ0) is 23.4. The number of hydrogen-bond acceptors (Lipinski definition) is 4. The number of halogens is 2. The van der Waals surface area contributed by atoms with Crippen LogP contribution < -0.4 is 9.96 Å². The van der Waals surface area contributed by atoms with Crippen molar-refractivity contribution in [2.24, 2.45) is 5.92 Å². The van der Waals surface area contributed by atoms with Crippen LogP contribution in [0.15, 0.2) is 91.0 Å². The molecule has 6 rings (SSSR count). The lowest BCUT2D eigenvalue weighted by Crippen LogP contribution is -2.37. The van der Waals surface area contributed by atoms with Gasteiger partial charge < -0.3 is 0 Å². The van der Waals surface area contributed by atoms with E-state index in [1.165, 1.54) is 12.1 Å². The lowest BCUT2D eigenvalue weighted by molar-refractivity contribution is -0.126. The number of hydrogen-bond donors (Lipinski definition) is 0. The smallest absolute Gasteiger partial charge is 0.266 e. The third kappa shape index (κ3) is 3.10. The summed E-state index contributed by atoms with van der Waals surface area (Å²) in [5.41, 5.74) is 1.75. The molecule has 0 unspecified atom stereocenters. The average Bonchev–Trinajstić information content (AvgIpc) is 3.37. The molecule has 2 fully saturated rings. The zero-order valence-electron chi connectivity index (χ0n) is 17.8. The van der Waals surface area contributed by atoms with Gasteiger partial charge in [-0.1, -0.05) is 72.3 Å². The highest BCUT2D eigenvalue weighted by Crippen LogP contribution is 2.49. The van der Waals surface area contributed by atoms with Gasteiger partial charge in [0.2, 0.25) is 5.91 Å². The van der Waals surface area contributed by atoms with Gasteiger partial charge in [0.25, 0.3) is 5.91 Å². The Bertz CT molecular complexity index is 1440. The van der Waals surface area contributed by atoms with Gasteiger partial charge in [-0.3, -0.25) is 14.4 Å². The van der Waals surface area contributed by atoms with Gasteiger partial charge in [0.1, 0.15) is 11.7 Å². The fourth-order valence-corrected chi connectivity index (χ4v) is 5.03. The number of nitrogens with zero attached hydrogens (tertiary/aromatic N) is 2. The molecule has 2 aliphatic rings. The molecule has 0 saturated carbocycles. The highest BCUT2D eigenvalue weighted by Gasteiger charge is 2.60. The van der Waals surface area contributed by atoms with E-state index in [-0.39, 0.29) is 10.7 Å². The van der Waals surface area contributed by atoms with E-state index >= 15 is 0 Å². The number of carbonyl (C=O) groups excluding carboxylic acids is 2. The van der Waals surface area contributed by atoms with E-state index in [2.05, 4.69) is 0 Å². The van der Waals surface area contributed by atoms with Crippen molar-refractivity contribution in [2.45, 2.75) is 12.1 Å². The van der Waals surface area contributed by atoms with Crippen LogP contribution in [0.5, 0.6) is 0 Å². The first kappa shape index (κ1) is 20.8. The molecule has 4 aromatic rings. The van der Waals surface area contributed by atoms with E-state index in [4.69, 9.17) is 16.4 Å². The van der Waals surface area contributed by atoms with Gasteiger partial charge in [-0.15, -0.1) is 0 Å². The first-order valence-corrected chi connectivity index (χ1v) is 11.2. The second-order valence-corrected chi connectivity index (χ2v) is 8.74. The van der Waals surface area contributed by atoms with Gasteiger partial charge >= 0.3 is 0 Å². The first-order valence-electron chi connectivity index (χ1n) is 10.9. The fraction of sp³-hybridized carbons (Fsp3) is 0.111. The predicted octanol–water partition coefficient (Wildman–Crippen LogP) is 5.68. The van der Waals surface area contributed by atoms with Gasteiger partial charge in [0, 0.05) is 0 Å². The molecule has 168 valence electrons. The van der Waals surface area contributed by atoms with Crippen LogP contribution in [0.3, 0.4) is 0 Å². The molecule has 0 aliphatic carbocycles. The summed E-state index contributed by atoms with van der Waals surface area (Å²) < 4.78 is 14.2. The second kappa shape index (κ2) is 7.94. The third-order valence-electron chi connectivity index (χ3n) is 6.43. The Morgan fingerprint density at radius 1 is 0.794 bits per heavy atom.